The minimum absolute atomic E-state index is 0.172. The molecule has 1 atom stereocenters. The number of hydrogen-bond acceptors (Lipinski definition) is 2. The zero-order valence-corrected chi connectivity index (χ0v) is 13.2. The van der Waals surface area contributed by atoms with Crippen LogP contribution in [0.25, 0.3) is 0 Å². The van der Waals surface area contributed by atoms with E-state index in [1.54, 1.807) is 0 Å². The molecule has 1 saturated heterocycles. The van der Waals surface area contributed by atoms with Gasteiger partial charge in [0.2, 0.25) is 0 Å². The Bertz CT molecular complexity index is 549. The molecule has 1 aliphatic heterocycles. The van der Waals surface area contributed by atoms with Crippen molar-refractivity contribution in [3.8, 4) is 0 Å². The Hall–Kier alpha value is -1.13. The Morgan fingerprint density at radius 2 is 1.67 bits per heavy atom. The van der Waals surface area contributed by atoms with Crippen molar-refractivity contribution in [3.63, 3.8) is 0 Å². The van der Waals surface area contributed by atoms with Crippen LogP contribution >= 0.6 is 0 Å². The molecule has 1 aromatic rings. The summed E-state index contributed by atoms with van der Waals surface area (Å²) in [4.78, 5) is 0. The van der Waals surface area contributed by atoms with Crippen LogP contribution in [0.15, 0.2) is 41.6 Å². The van der Waals surface area contributed by atoms with E-state index in [9.17, 15) is 4.39 Å². The van der Waals surface area contributed by atoms with E-state index in [2.05, 4.69) is 12.1 Å². The van der Waals surface area contributed by atoms with Crippen LogP contribution in [0, 0.1) is 0 Å². The van der Waals surface area contributed by atoms with E-state index in [0.717, 1.165) is 18.4 Å². The Morgan fingerprint density at radius 3 is 2.14 bits per heavy atom. The van der Waals surface area contributed by atoms with Gasteiger partial charge < -0.3 is 9.31 Å². The summed E-state index contributed by atoms with van der Waals surface area (Å²) in [5, 5.41) is 0. The average Bonchev–Trinajstić information content (AvgIpc) is 2.58. The molecule has 0 spiro atoms. The van der Waals surface area contributed by atoms with E-state index in [1.165, 1.54) is 5.56 Å². The Kier molecular flexibility index (Phi) is 3.49. The molecule has 0 aromatic heterocycles. The van der Waals surface area contributed by atoms with Crippen molar-refractivity contribution in [3.05, 3.63) is 47.2 Å². The minimum atomic E-state index is -0.864. The fraction of sp³-hybridized carbons (Fsp3) is 0.529. The first-order valence-electron chi connectivity index (χ1n) is 7.61. The largest absolute Gasteiger partial charge is 0.525 e. The van der Waals surface area contributed by atoms with Crippen LogP contribution in [-0.2, 0) is 9.31 Å². The molecule has 3 rings (SSSR count). The van der Waals surface area contributed by atoms with Crippen molar-refractivity contribution in [2.45, 2.75) is 57.7 Å². The second-order valence-electron chi connectivity index (χ2n) is 6.96. The monoisotopic (exact) mass is 288 g/mol. The first-order chi connectivity index (χ1) is 9.82. The summed E-state index contributed by atoms with van der Waals surface area (Å²) in [6.45, 7) is 7.78. The maximum atomic E-state index is 14.8. The van der Waals surface area contributed by atoms with Crippen molar-refractivity contribution in [1.29, 1.82) is 0 Å². The molecule has 0 amide bonds. The predicted molar refractivity (Wildman–Crippen MR) is 82.6 cm³/mol. The zero-order chi connectivity index (χ0) is 15.3. The van der Waals surface area contributed by atoms with Gasteiger partial charge in [-0.1, -0.05) is 30.3 Å². The van der Waals surface area contributed by atoms with Crippen molar-refractivity contribution in [2.24, 2.45) is 0 Å². The molecule has 112 valence electrons. The summed E-state index contributed by atoms with van der Waals surface area (Å²) in [7, 11) is -0.864. The number of hydrogen-bond donors (Lipinski definition) is 0. The van der Waals surface area contributed by atoms with E-state index in [1.807, 2.05) is 45.9 Å². The maximum absolute atomic E-state index is 14.8. The molecule has 4 heteroatoms. The number of rotatable bonds is 2. The number of benzene rings is 1. The molecule has 21 heavy (non-hydrogen) atoms. The van der Waals surface area contributed by atoms with Crippen LogP contribution in [0.3, 0.4) is 0 Å². The lowest BCUT2D eigenvalue weighted by atomic mass is 9.69. The Morgan fingerprint density at radius 1 is 1.10 bits per heavy atom. The van der Waals surface area contributed by atoms with Gasteiger partial charge in [-0.3, -0.25) is 0 Å². The summed E-state index contributed by atoms with van der Waals surface area (Å²) in [6.07, 6.45) is 1.78. The molecule has 1 heterocycles. The number of allylic oxidation sites excluding steroid dienone is 1. The quantitative estimate of drug-likeness (QED) is 0.750. The Balaban J connectivity index is 1.84. The van der Waals surface area contributed by atoms with Gasteiger partial charge in [0.1, 0.15) is 5.73 Å². The summed E-state index contributed by atoms with van der Waals surface area (Å²) in [5.41, 5.74) is 0.780. The summed E-state index contributed by atoms with van der Waals surface area (Å²) >= 11 is 0. The fourth-order valence-corrected chi connectivity index (χ4v) is 2.87. The first-order valence-corrected chi connectivity index (χ1v) is 7.61. The smallest absolute Gasteiger partial charge is 0.398 e. The van der Waals surface area contributed by atoms with Crippen molar-refractivity contribution in [1.82, 2.24) is 0 Å². The van der Waals surface area contributed by atoms with Gasteiger partial charge in [-0.05, 0) is 51.7 Å². The third-order valence-corrected chi connectivity index (χ3v) is 5.09. The normalized spacial score (nSPS) is 29.2. The van der Waals surface area contributed by atoms with Gasteiger partial charge in [0.05, 0.1) is 11.2 Å². The molecule has 2 fully saturated rings. The van der Waals surface area contributed by atoms with Crippen molar-refractivity contribution in [2.75, 3.05) is 0 Å². The van der Waals surface area contributed by atoms with Gasteiger partial charge in [0.15, 0.2) is 0 Å². The summed E-state index contributed by atoms with van der Waals surface area (Å²) in [6, 6.07) is 10.1. The predicted octanol–water partition coefficient (Wildman–Crippen LogP) is 4.42. The van der Waals surface area contributed by atoms with Gasteiger partial charge in [0, 0.05) is 5.92 Å². The highest BCUT2D eigenvalue weighted by Crippen LogP contribution is 2.47. The van der Waals surface area contributed by atoms with E-state index in [0.29, 0.717) is 0 Å². The SMILES string of the molecule is CC1(C)OB(C(F)=C2CCC2c2ccccc2)OC1(C)C. The summed E-state index contributed by atoms with van der Waals surface area (Å²) in [5.74, 6) is 0.172. The lowest BCUT2D eigenvalue weighted by molar-refractivity contribution is 0.00578. The highest BCUT2D eigenvalue weighted by atomic mass is 19.1. The molecule has 0 N–H and O–H groups in total. The van der Waals surface area contributed by atoms with Crippen molar-refractivity contribution < 1.29 is 13.7 Å². The van der Waals surface area contributed by atoms with E-state index >= 15 is 0 Å². The van der Waals surface area contributed by atoms with Crippen LogP contribution in [0.2, 0.25) is 0 Å². The molecular weight excluding hydrogens is 266 g/mol. The first kappa shape index (κ1) is 14.8. The number of halogens is 1. The van der Waals surface area contributed by atoms with Gasteiger partial charge in [-0.15, -0.1) is 0 Å². The fourth-order valence-electron chi connectivity index (χ4n) is 2.87. The molecule has 1 saturated carbocycles. The molecule has 1 unspecified atom stereocenters. The lowest BCUT2D eigenvalue weighted by Gasteiger charge is -2.32. The molecule has 2 aliphatic rings. The van der Waals surface area contributed by atoms with Crippen LogP contribution in [-0.4, -0.2) is 18.3 Å². The van der Waals surface area contributed by atoms with E-state index < -0.39 is 18.3 Å². The second kappa shape index (κ2) is 4.96. The van der Waals surface area contributed by atoms with E-state index in [4.69, 9.17) is 9.31 Å². The van der Waals surface area contributed by atoms with Gasteiger partial charge in [-0.2, -0.15) is 0 Å². The zero-order valence-electron chi connectivity index (χ0n) is 13.2. The molecule has 2 nitrogen and oxygen atoms in total. The standard InChI is InChI=1S/C17H22BFO2/c1-16(2)17(3,4)21-18(20-16)15(19)14-11-10-13(14)12-8-6-5-7-9-12/h5-9,13H,10-11H2,1-4H3. The molecule has 0 radical (unpaired) electrons. The van der Waals surface area contributed by atoms with Crippen LogP contribution < -0.4 is 0 Å². The topological polar surface area (TPSA) is 18.5 Å². The van der Waals surface area contributed by atoms with Gasteiger partial charge >= 0.3 is 7.12 Å². The molecule has 1 aliphatic carbocycles. The lowest BCUT2D eigenvalue weighted by Crippen LogP contribution is -2.41. The van der Waals surface area contributed by atoms with Crippen LogP contribution in [0.1, 0.15) is 52.0 Å². The minimum Gasteiger partial charge on any atom is -0.398 e. The van der Waals surface area contributed by atoms with E-state index in [-0.39, 0.29) is 11.6 Å². The van der Waals surface area contributed by atoms with Crippen molar-refractivity contribution >= 4 is 7.12 Å². The van der Waals surface area contributed by atoms with Crippen LogP contribution in [0.5, 0.6) is 0 Å². The second-order valence-corrected chi connectivity index (χ2v) is 6.96. The third-order valence-electron chi connectivity index (χ3n) is 5.09. The highest BCUT2D eigenvalue weighted by molar-refractivity contribution is 6.54. The highest BCUT2D eigenvalue weighted by Gasteiger charge is 2.54. The molecule has 1 aromatic carbocycles. The maximum Gasteiger partial charge on any atom is 0.525 e. The molecule has 0 bridgehead atoms. The third kappa shape index (κ3) is 2.45. The van der Waals surface area contributed by atoms with Crippen LogP contribution in [0.4, 0.5) is 4.39 Å². The van der Waals surface area contributed by atoms with Gasteiger partial charge in [-0.25, -0.2) is 4.39 Å². The average molecular weight is 288 g/mol. The van der Waals surface area contributed by atoms with Gasteiger partial charge in [0.25, 0.3) is 0 Å². The molecular formula is C17H22BFO2. The Labute approximate surface area is 126 Å². The summed E-state index contributed by atoms with van der Waals surface area (Å²) < 4.78 is 26.4.